The van der Waals surface area contributed by atoms with E-state index in [1.165, 1.54) is 0 Å². The van der Waals surface area contributed by atoms with Crippen LogP contribution in [-0.4, -0.2) is 60.2 Å². The first kappa shape index (κ1) is 17.5. The number of hydrogen-bond acceptors (Lipinski definition) is 5. The summed E-state index contributed by atoms with van der Waals surface area (Å²) in [4.78, 5) is 25.5. The molecule has 1 aromatic rings. The summed E-state index contributed by atoms with van der Waals surface area (Å²) in [7, 11) is 3.08. The highest BCUT2D eigenvalue weighted by molar-refractivity contribution is 7.99. The normalized spacial score (nSPS) is 17.7. The highest BCUT2D eigenvalue weighted by Gasteiger charge is 2.30. The fourth-order valence-electron chi connectivity index (χ4n) is 2.67. The Morgan fingerprint density at radius 3 is 2.43 bits per heavy atom. The number of carbonyl (C=O) groups is 2. The molecule has 0 spiro atoms. The van der Waals surface area contributed by atoms with E-state index in [0.717, 1.165) is 11.3 Å². The van der Waals surface area contributed by atoms with E-state index in [4.69, 9.17) is 14.6 Å². The minimum absolute atomic E-state index is 0.0428. The van der Waals surface area contributed by atoms with E-state index < -0.39 is 5.97 Å². The Bertz CT molecular complexity index is 579. The number of rotatable bonds is 5. The second kappa shape index (κ2) is 7.59. The van der Waals surface area contributed by atoms with Crippen LogP contribution in [0.1, 0.15) is 22.3 Å². The number of nitrogens with zero attached hydrogens (tertiary/aromatic N) is 1. The smallest absolute Gasteiger partial charge is 0.305 e. The average molecular weight is 339 g/mol. The molecule has 2 rings (SSSR count). The zero-order chi connectivity index (χ0) is 17.0. The van der Waals surface area contributed by atoms with Crippen LogP contribution in [0.2, 0.25) is 0 Å². The van der Waals surface area contributed by atoms with Gasteiger partial charge in [0.2, 0.25) is 0 Å². The Balaban J connectivity index is 2.32. The van der Waals surface area contributed by atoms with Crippen molar-refractivity contribution >= 4 is 23.6 Å². The molecule has 1 aliphatic rings. The number of amides is 1. The molecule has 0 radical (unpaired) electrons. The van der Waals surface area contributed by atoms with E-state index in [9.17, 15) is 9.59 Å². The number of ether oxygens (including phenoxy) is 2. The van der Waals surface area contributed by atoms with Crippen molar-refractivity contribution in [3.8, 4) is 11.5 Å². The maximum Gasteiger partial charge on any atom is 0.305 e. The predicted octanol–water partition coefficient (Wildman–Crippen LogP) is 2.04. The molecule has 23 heavy (non-hydrogen) atoms. The Morgan fingerprint density at radius 1 is 1.30 bits per heavy atom. The first-order chi connectivity index (χ1) is 11.0. The van der Waals surface area contributed by atoms with E-state index in [0.29, 0.717) is 29.4 Å². The molecular formula is C16H21NO5S. The second-order valence-corrected chi connectivity index (χ2v) is 6.48. The van der Waals surface area contributed by atoms with Gasteiger partial charge in [-0.1, -0.05) is 0 Å². The third-order valence-corrected chi connectivity index (χ3v) is 4.99. The fourth-order valence-corrected chi connectivity index (χ4v) is 3.73. The lowest BCUT2D eigenvalue weighted by molar-refractivity contribution is -0.138. The van der Waals surface area contributed by atoms with Gasteiger partial charge in [0.15, 0.2) is 0 Å². The summed E-state index contributed by atoms with van der Waals surface area (Å²) in [6.45, 7) is 2.40. The van der Waals surface area contributed by atoms with Crippen LogP contribution in [-0.2, 0) is 4.79 Å². The lowest BCUT2D eigenvalue weighted by atomic mass is 10.1. The largest absolute Gasteiger partial charge is 0.496 e. The molecule has 1 saturated heterocycles. The highest BCUT2D eigenvalue weighted by atomic mass is 32.2. The number of carboxylic acid groups (broad SMARTS) is 1. The topological polar surface area (TPSA) is 76.1 Å². The molecule has 1 aliphatic heterocycles. The Kier molecular flexibility index (Phi) is 5.76. The van der Waals surface area contributed by atoms with Crippen LogP contribution in [0.25, 0.3) is 0 Å². The number of methoxy groups -OCH3 is 2. The molecule has 1 N–H and O–H groups in total. The molecule has 0 aromatic heterocycles. The van der Waals surface area contributed by atoms with E-state index in [1.807, 2.05) is 6.92 Å². The summed E-state index contributed by atoms with van der Waals surface area (Å²) in [5.41, 5.74) is 1.27. The molecule has 0 bridgehead atoms. The van der Waals surface area contributed by atoms with Crippen molar-refractivity contribution in [2.45, 2.75) is 19.4 Å². The minimum atomic E-state index is -0.894. The zero-order valence-corrected chi connectivity index (χ0v) is 14.3. The summed E-state index contributed by atoms with van der Waals surface area (Å²) in [5, 5.41) is 9.05. The molecule has 0 aliphatic carbocycles. The quantitative estimate of drug-likeness (QED) is 0.885. The van der Waals surface area contributed by atoms with Gasteiger partial charge in [-0.25, -0.2) is 0 Å². The molecule has 1 unspecified atom stereocenters. The lowest BCUT2D eigenvalue weighted by Crippen LogP contribution is -2.47. The van der Waals surface area contributed by atoms with E-state index in [-0.39, 0.29) is 18.4 Å². The van der Waals surface area contributed by atoms with Crippen LogP contribution in [0.15, 0.2) is 12.1 Å². The highest BCUT2D eigenvalue weighted by Crippen LogP contribution is 2.31. The van der Waals surface area contributed by atoms with Gasteiger partial charge in [0.25, 0.3) is 5.91 Å². The standard InChI is InChI=1S/C16H21NO5S/c1-10-13(21-2)6-11(7-14(10)22-3)16(20)17-4-5-23-9-12(17)8-15(18)19/h6-7,12H,4-5,8-9H2,1-3H3,(H,18,19). The van der Waals surface area contributed by atoms with Crippen molar-refractivity contribution < 1.29 is 24.2 Å². The zero-order valence-electron chi connectivity index (χ0n) is 13.5. The Morgan fingerprint density at radius 2 is 1.91 bits per heavy atom. The molecule has 1 amide bonds. The van der Waals surface area contributed by atoms with Crippen LogP contribution in [0, 0.1) is 6.92 Å². The molecule has 1 atom stereocenters. The monoisotopic (exact) mass is 339 g/mol. The van der Waals surface area contributed by atoms with Gasteiger partial charge in [-0.3, -0.25) is 9.59 Å². The summed E-state index contributed by atoms with van der Waals surface area (Å²) in [6.07, 6.45) is -0.0428. The van der Waals surface area contributed by atoms with Crippen LogP contribution in [0.4, 0.5) is 0 Å². The molecule has 6 nitrogen and oxygen atoms in total. The van der Waals surface area contributed by atoms with Crippen molar-refractivity contribution in [3.63, 3.8) is 0 Å². The molecule has 0 saturated carbocycles. The van der Waals surface area contributed by atoms with Crippen molar-refractivity contribution in [2.24, 2.45) is 0 Å². The summed E-state index contributed by atoms with van der Waals surface area (Å²) >= 11 is 1.67. The molecule has 1 fully saturated rings. The van der Waals surface area contributed by atoms with Crippen molar-refractivity contribution in [1.82, 2.24) is 4.90 Å². The van der Waals surface area contributed by atoms with Gasteiger partial charge >= 0.3 is 5.97 Å². The average Bonchev–Trinajstić information content (AvgIpc) is 2.54. The third kappa shape index (κ3) is 3.90. The molecule has 1 aromatic carbocycles. The summed E-state index contributed by atoms with van der Waals surface area (Å²) < 4.78 is 10.6. The second-order valence-electron chi connectivity index (χ2n) is 5.33. The van der Waals surface area contributed by atoms with Gasteiger partial charge < -0.3 is 19.5 Å². The van der Waals surface area contributed by atoms with Gasteiger partial charge in [-0.15, -0.1) is 0 Å². The van der Waals surface area contributed by atoms with Crippen LogP contribution in [0.3, 0.4) is 0 Å². The maximum atomic E-state index is 12.9. The number of aliphatic carboxylic acids is 1. The van der Waals surface area contributed by atoms with Crippen molar-refractivity contribution in [2.75, 3.05) is 32.3 Å². The predicted molar refractivity (Wildman–Crippen MR) is 88.7 cm³/mol. The Labute approximate surface area is 139 Å². The Hall–Kier alpha value is -1.89. The van der Waals surface area contributed by atoms with Gasteiger partial charge in [-0.2, -0.15) is 11.8 Å². The summed E-state index contributed by atoms with van der Waals surface area (Å²) in [5.74, 6) is 1.52. The molecule has 126 valence electrons. The minimum Gasteiger partial charge on any atom is -0.496 e. The van der Waals surface area contributed by atoms with Gasteiger partial charge in [0, 0.05) is 29.2 Å². The summed E-state index contributed by atoms with van der Waals surface area (Å²) in [6, 6.07) is 3.07. The number of benzene rings is 1. The molecule has 1 heterocycles. The SMILES string of the molecule is COc1cc(C(=O)N2CCSCC2CC(=O)O)cc(OC)c1C. The third-order valence-electron chi connectivity index (χ3n) is 3.90. The lowest BCUT2D eigenvalue weighted by Gasteiger charge is -2.34. The fraction of sp³-hybridized carbons (Fsp3) is 0.500. The number of carbonyl (C=O) groups excluding carboxylic acids is 1. The van der Waals surface area contributed by atoms with Crippen LogP contribution >= 0.6 is 11.8 Å². The number of carboxylic acids is 1. The van der Waals surface area contributed by atoms with Crippen LogP contribution < -0.4 is 9.47 Å². The van der Waals surface area contributed by atoms with Gasteiger partial charge in [0.1, 0.15) is 11.5 Å². The van der Waals surface area contributed by atoms with Crippen molar-refractivity contribution in [3.05, 3.63) is 23.3 Å². The van der Waals surface area contributed by atoms with Gasteiger partial charge in [-0.05, 0) is 19.1 Å². The van der Waals surface area contributed by atoms with Crippen molar-refractivity contribution in [1.29, 1.82) is 0 Å². The van der Waals surface area contributed by atoms with Gasteiger partial charge in [0.05, 0.1) is 26.7 Å². The van der Waals surface area contributed by atoms with E-state index in [2.05, 4.69) is 0 Å². The van der Waals surface area contributed by atoms with E-state index in [1.54, 1.807) is 43.0 Å². The first-order valence-corrected chi connectivity index (χ1v) is 8.46. The maximum absolute atomic E-state index is 12.9. The van der Waals surface area contributed by atoms with Crippen LogP contribution in [0.5, 0.6) is 11.5 Å². The number of thioether (sulfide) groups is 1. The molecule has 7 heteroatoms. The first-order valence-electron chi connectivity index (χ1n) is 7.31. The molecular weight excluding hydrogens is 318 g/mol. The van der Waals surface area contributed by atoms with E-state index >= 15 is 0 Å². The number of hydrogen-bond donors (Lipinski definition) is 1.